The number of carbonyl (C=O) groups excluding carboxylic acids is 1. The molecular weight excluding hydrogens is 202 g/mol. The van der Waals surface area contributed by atoms with E-state index >= 15 is 0 Å². The number of amides is 1. The van der Waals surface area contributed by atoms with Gasteiger partial charge in [-0.3, -0.25) is 14.9 Å². The zero-order valence-electron chi connectivity index (χ0n) is 7.34. The van der Waals surface area contributed by atoms with Crippen LogP contribution in [0.3, 0.4) is 0 Å². The molecular formula is C8H5N3O4. The number of nitro benzene ring substituents is 1. The fourth-order valence-electron chi connectivity index (χ4n) is 1.45. The van der Waals surface area contributed by atoms with Gasteiger partial charge >= 0.3 is 0 Å². The number of hydrogen-bond donors (Lipinski definition) is 1. The van der Waals surface area contributed by atoms with E-state index in [0.29, 0.717) is 5.69 Å². The van der Waals surface area contributed by atoms with Crippen LogP contribution in [-0.4, -0.2) is 10.8 Å². The third-order valence-corrected chi connectivity index (χ3v) is 2.15. The third kappa shape index (κ3) is 1.33. The summed E-state index contributed by atoms with van der Waals surface area (Å²) in [6.07, 6.45) is 0. The first-order valence-corrected chi connectivity index (χ1v) is 4.05. The van der Waals surface area contributed by atoms with Crippen molar-refractivity contribution in [2.75, 3.05) is 5.32 Å². The number of non-ortho nitro benzene ring substituents is 1. The molecule has 1 N–H and O–H groups in total. The minimum atomic E-state index is -1.18. The Morgan fingerprint density at radius 3 is 2.80 bits per heavy atom. The second-order valence-corrected chi connectivity index (χ2v) is 3.03. The van der Waals surface area contributed by atoms with Crippen molar-refractivity contribution in [1.29, 1.82) is 0 Å². The average molecular weight is 207 g/mol. The largest absolute Gasteiger partial charge is 0.323 e. The van der Waals surface area contributed by atoms with Crippen molar-refractivity contribution in [3.05, 3.63) is 38.8 Å². The van der Waals surface area contributed by atoms with Crippen LogP contribution in [0.15, 0.2) is 23.4 Å². The van der Waals surface area contributed by atoms with Gasteiger partial charge in [-0.2, -0.15) is 0 Å². The summed E-state index contributed by atoms with van der Waals surface area (Å²) < 4.78 is 0. The van der Waals surface area contributed by atoms with E-state index in [1.165, 1.54) is 18.2 Å². The van der Waals surface area contributed by atoms with Gasteiger partial charge in [0.15, 0.2) is 6.04 Å². The summed E-state index contributed by atoms with van der Waals surface area (Å²) in [7, 11) is 0. The van der Waals surface area contributed by atoms with E-state index < -0.39 is 16.9 Å². The zero-order valence-corrected chi connectivity index (χ0v) is 7.34. The van der Waals surface area contributed by atoms with E-state index in [2.05, 4.69) is 10.5 Å². The van der Waals surface area contributed by atoms with Crippen molar-refractivity contribution >= 4 is 17.3 Å². The summed E-state index contributed by atoms with van der Waals surface area (Å²) >= 11 is 0. The number of anilines is 1. The van der Waals surface area contributed by atoms with Crippen molar-refractivity contribution in [2.24, 2.45) is 5.18 Å². The first-order valence-electron chi connectivity index (χ1n) is 4.05. The highest BCUT2D eigenvalue weighted by atomic mass is 16.6. The van der Waals surface area contributed by atoms with Gasteiger partial charge in [0.1, 0.15) is 0 Å². The monoisotopic (exact) mass is 207 g/mol. The smallest absolute Gasteiger partial charge is 0.269 e. The molecule has 2 rings (SSSR count). The molecule has 1 aliphatic rings. The SMILES string of the molecule is O=NC1C(=O)Nc2ccc([N+](=O)[O-])cc21. The van der Waals surface area contributed by atoms with Crippen LogP contribution < -0.4 is 5.32 Å². The summed E-state index contributed by atoms with van der Waals surface area (Å²) in [6.45, 7) is 0. The van der Waals surface area contributed by atoms with Gasteiger partial charge in [0, 0.05) is 23.4 Å². The molecule has 0 aromatic heterocycles. The van der Waals surface area contributed by atoms with Gasteiger partial charge in [0.2, 0.25) is 0 Å². The van der Waals surface area contributed by atoms with Crippen LogP contribution in [0, 0.1) is 15.0 Å². The maximum atomic E-state index is 11.2. The van der Waals surface area contributed by atoms with Gasteiger partial charge in [-0.05, 0) is 6.07 Å². The molecule has 0 fully saturated rings. The summed E-state index contributed by atoms with van der Waals surface area (Å²) in [6, 6.07) is 2.64. The van der Waals surface area contributed by atoms with E-state index in [9.17, 15) is 19.8 Å². The predicted octanol–water partition coefficient (Wildman–Crippen LogP) is 1.35. The summed E-state index contributed by atoms with van der Waals surface area (Å²) in [5.74, 6) is -0.555. The van der Waals surface area contributed by atoms with Crippen LogP contribution in [0.4, 0.5) is 11.4 Å². The summed E-state index contributed by atoms with van der Waals surface area (Å²) in [5.41, 5.74) is 0.485. The molecule has 0 spiro atoms. The normalized spacial score (nSPS) is 18.1. The minimum absolute atomic E-state index is 0.168. The lowest BCUT2D eigenvalue weighted by atomic mass is 10.1. The molecule has 7 heteroatoms. The number of benzene rings is 1. The maximum Gasteiger partial charge on any atom is 0.269 e. The number of fused-ring (bicyclic) bond motifs is 1. The predicted molar refractivity (Wildman–Crippen MR) is 50.3 cm³/mol. The third-order valence-electron chi connectivity index (χ3n) is 2.15. The Balaban J connectivity index is 2.53. The number of nitroso groups, excluding NO2 is 1. The standard InChI is InChI=1S/C8H5N3O4/c12-8-7(10-13)5-3-4(11(14)15)1-2-6(5)9-8/h1-3,7H,(H,9,12). The van der Waals surface area contributed by atoms with Crippen LogP contribution >= 0.6 is 0 Å². The Bertz CT molecular complexity index is 471. The fraction of sp³-hybridized carbons (Fsp3) is 0.125. The molecule has 7 nitrogen and oxygen atoms in total. The molecule has 0 aliphatic carbocycles. The fourth-order valence-corrected chi connectivity index (χ4v) is 1.45. The molecule has 0 radical (unpaired) electrons. The molecule has 1 amide bonds. The van der Waals surface area contributed by atoms with Crippen LogP contribution in [0.1, 0.15) is 11.6 Å². The molecule has 1 aromatic rings. The van der Waals surface area contributed by atoms with Gasteiger partial charge in [0.05, 0.1) is 4.92 Å². The lowest BCUT2D eigenvalue weighted by molar-refractivity contribution is -0.384. The lowest BCUT2D eigenvalue weighted by Gasteiger charge is -1.98. The molecule has 1 heterocycles. The Hall–Kier alpha value is -2.31. The maximum absolute atomic E-state index is 11.2. The minimum Gasteiger partial charge on any atom is -0.323 e. The number of nitro groups is 1. The summed E-state index contributed by atoms with van der Waals surface area (Å²) in [5, 5.41) is 15.5. The highest BCUT2D eigenvalue weighted by molar-refractivity contribution is 6.02. The van der Waals surface area contributed by atoms with E-state index in [0.717, 1.165) is 0 Å². The zero-order chi connectivity index (χ0) is 11.0. The number of hydrogen-bond acceptors (Lipinski definition) is 5. The van der Waals surface area contributed by atoms with Crippen LogP contribution in [-0.2, 0) is 4.79 Å². The van der Waals surface area contributed by atoms with Crippen LogP contribution in [0.25, 0.3) is 0 Å². The van der Waals surface area contributed by atoms with Crippen molar-refractivity contribution in [2.45, 2.75) is 6.04 Å². The average Bonchev–Trinajstić information content (AvgIpc) is 2.51. The highest BCUT2D eigenvalue weighted by Crippen LogP contribution is 2.35. The Kier molecular flexibility index (Phi) is 1.93. The number of carbonyl (C=O) groups is 1. The van der Waals surface area contributed by atoms with Gasteiger partial charge < -0.3 is 5.32 Å². The molecule has 0 bridgehead atoms. The van der Waals surface area contributed by atoms with Crippen molar-refractivity contribution < 1.29 is 9.72 Å². The molecule has 76 valence electrons. The Morgan fingerprint density at radius 1 is 1.47 bits per heavy atom. The van der Waals surface area contributed by atoms with Crippen molar-refractivity contribution in [3.63, 3.8) is 0 Å². The van der Waals surface area contributed by atoms with Gasteiger partial charge in [-0.15, -0.1) is 4.91 Å². The Labute approximate surface area is 83.2 Å². The second kappa shape index (κ2) is 3.12. The number of nitrogens with zero attached hydrogens (tertiary/aromatic N) is 2. The molecule has 1 aliphatic heterocycles. The quantitative estimate of drug-likeness (QED) is 0.449. The molecule has 1 atom stereocenters. The van der Waals surface area contributed by atoms with E-state index in [1.54, 1.807) is 0 Å². The molecule has 0 saturated carbocycles. The molecule has 1 aromatic carbocycles. The van der Waals surface area contributed by atoms with Crippen molar-refractivity contribution in [1.82, 2.24) is 0 Å². The van der Waals surface area contributed by atoms with E-state index in [1.807, 2.05) is 0 Å². The van der Waals surface area contributed by atoms with Crippen molar-refractivity contribution in [3.8, 4) is 0 Å². The number of nitrogens with one attached hydrogen (secondary N) is 1. The Morgan fingerprint density at radius 2 is 2.20 bits per heavy atom. The molecule has 1 unspecified atom stereocenters. The van der Waals surface area contributed by atoms with Crippen LogP contribution in [0.2, 0.25) is 0 Å². The second-order valence-electron chi connectivity index (χ2n) is 3.03. The van der Waals surface area contributed by atoms with Gasteiger partial charge in [-0.25, -0.2) is 0 Å². The van der Waals surface area contributed by atoms with E-state index in [4.69, 9.17) is 0 Å². The summed E-state index contributed by atoms with van der Waals surface area (Å²) in [4.78, 5) is 31.4. The molecule has 0 saturated heterocycles. The first-order chi connectivity index (χ1) is 7.13. The first kappa shape index (κ1) is 9.25. The van der Waals surface area contributed by atoms with Gasteiger partial charge in [-0.1, -0.05) is 5.18 Å². The van der Waals surface area contributed by atoms with Crippen LogP contribution in [0.5, 0.6) is 0 Å². The number of rotatable bonds is 2. The molecule has 15 heavy (non-hydrogen) atoms. The topological polar surface area (TPSA) is 102 Å². The van der Waals surface area contributed by atoms with E-state index in [-0.39, 0.29) is 11.3 Å². The highest BCUT2D eigenvalue weighted by Gasteiger charge is 2.33. The lowest BCUT2D eigenvalue weighted by Crippen LogP contribution is -2.09. The van der Waals surface area contributed by atoms with Gasteiger partial charge in [0.25, 0.3) is 11.6 Å².